The topological polar surface area (TPSA) is 31.4 Å². The summed E-state index contributed by atoms with van der Waals surface area (Å²) in [6.45, 7) is 0. The van der Waals surface area contributed by atoms with E-state index in [0.717, 1.165) is 56.0 Å². The molecule has 10 rings (SSSR count). The Bertz CT molecular complexity index is 2690. The van der Waals surface area contributed by atoms with E-state index in [1.807, 2.05) is 0 Å². The van der Waals surface area contributed by atoms with Gasteiger partial charge < -0.3 is 15.1 Å². The highest BCUT2D eigenvalue weighted by Gasteiger charge is 2.31. The molecule has 1 unspecified atom stereocenters. The molecule has 1 aliphatic heterocycles. The van der Waals surface area contributed by atoms with E-state index >= 15 is 0 Å². The van der Waals surface area contributed by atoms with Crippen molar-refractivity contribution in [3.8, 4) is 11.3 Å². The molecular weight excluding hydrogens is 633 g/mol. The summed E-state index contributed by atoms with van der Waals surface area (Å²) in [6, 6.07) is 69.1. The third-order valence-electron chi connectivity index (χ3n) is 10.2. The lowest BCUT2D eigenvalue weighted by Gasteiger charge is -2.28. The molecule has 0 aliphatic carbocycles. The zero-order valence-corrected chi connectivity index (χ0v) is 28.4. The third kappa shape index (κ3) is 4.96. The van der Waals surface area contributed by atoms with Gasteiger partial charge in [-0.2, -0.15) is 0 Å². The minimum absolute atomic E-state index is 0.0712. The Morgan fingerprint density at radius 3 is 1.94 bits per heavy atom. The van der Waals surface area contributed by atoms with Gasteiger partial charge in [-0.1, -0.05) is 127 Å². The van der Waals surface area contributed by atoms with Gasteiger partial charge in [-0.05, 0) is 83.1 Å². The molecule has 4 nitrogen and oxygen atoms in total. The summed E-state index contributed by atoms with van der Waals surface area (Å²) in [6.07, 6.45) is -0.0712. The fourth-order valence-corrected chi connectivity index (χ4v) is 7.88. The minimum atomic E-state index is -0.0712. The maximum atomic E-state index is 5.44. The lowest BCUT2D eigenvalue weighted by molar-refractivity contribution is 0.830. The number of aromatic nitrogens is 1. The van der Waals surface area contributed by atoms with Crippen LogP contribution in [0.3, 0.4) is 0 Å². The summed E-state index contributed by atoms with van der Waals surface area (Å²) in [5.41, 5.74) is 10.9. The van der Waals surface area contributed by atoms with Crippen LogP contribution >= 0.6 is 0 Å². The van der Waals surface area contributed by atoms with Gasteiger partial charge in [0.2, 0.25) is 0 Å². The van der Waals surface area contributed by atoms with E-state index in [1.54, 1.807) is 0 Å². The van der Waals surface area contributed by atoms with Crippen molar-refractivity contribution in [1.29, 1.82) is 0 Å². The average molecular weight is 667 g/mol. The first kappa shape index (κ1) is 30.0. The second kappa shape index (κ2) is 12.4. The molecular formula is C48H34N4. The fourth-order valence-electron chi connectivity index (χ4n) is 7.88. The number of hydrogen-bond donors (Lipinski definition) is 1. The summed E-state index contributed by atoms with van der Waals surface area (Å²) in [4.78, 5) is 10.2. The van der Waals surface area contributed by atoms with Crippen LogP contribution in [0.2, 0.25) is 0 Å². The molecule has 0 spiro atoms. The number of pyridine rings is 1. The highest BCUT2D eigenvalue weighted by atomic mass is 15.3. The van der Waals surface area contributed by atoms with Crippen molar-refractivity contribution >= 4 is 66.6 Å². The Balaban J connectivity index is 1.21. The fraction of sp³-hybridized carbons (Fsp3) is 0.0208. The van der Waals surface area contributed by atoms with E-state index in [0.29, 0.717) is 0 Å². The van der Waals surface area contributed by atoms with Gasteiger partial charge in [0.1, 0.15) is 6.17 Å². The molecule has 0 fully saturated rings. The summed E-state index contributed by atoms with van der Waals surface area (Å²) in [5, 5.41) is 9.73. The molecule has 0 radical (unpaired) electrons. The van der Waals surface area contributed by atoms with Gasteiger partial charge in [-0.3, -0.25) is 0 Å². The van der Waals surface area contributed by atoms with Crippen molar-refractivity contribution in [2.75, 3.05) is 15.1 Å². The summed E-state index contributed by atoms with van der Waals surface area (Å²) in [5.74, 6) is 0. The monoisotopic (exact) mass is 666 g/mol. The number of nitrogens with one attached hydrogen (secondary N) is 1. The first-order valence-electron chi connectivity index (χ1n) is 17.8. The lowest BCUT2D eigenvalue weighted by atomic mass is 9.93. The van der Waals surface area contributed by atoms with Crippen molar-refractivity contribution < 1.29 is 0 Å². The molecule has 1 N–H and O–H groups in total. The Morgan fingerprint density at radius 1 is 0.519 bits per heavy atom. The Kier molecular flexibility index (Phi) is 7.17. The summed E-state index contributed by atoms with van der Waals surface area (Å²) in [7, 11) is 0. The van der Waals surface area contributed by atoms with Gasteiger partial charge in [0.15, 0.2) is 0 Å². The molecule has 8 aromatic carbocycles. The van der Waals surface area contributed by atoms with Gasteiger partial charge in [0.05, 0.1) is 28.3 Å². The van der Waals surface area contributed by atoms with Gasteiger partial charge in [-0.15, -0.1) is 0 Å². The summed E-state index contributed by atoms with van der Waals surface area (Å²) >= 11 is 0. The van der Waals surface area contributed by atoms with Crippen LogP contribution in [0.5, 0.6) is 0 Å². The zero-order chi connectivity index (χ0) is 34.4. The van der Waals surface area contributed by atoms with Crippen LogP contribution in [0, 0.1) is 0 Å². The molecule has 4 heteroatoms. The van der Waals surface area contributed by atoms with Crippen molar-refractivity contribution in [2.45, 2.75) is 6.17 Å². The highest BCUT2D eigenvalue weighted by Crippen LogP contribution is 2.48. The van der Waals surface area contributed by atoms with E-state index in [4.69, 9.17) is 4.98 Å². The highest BCUT2D eigenvalue weighted by molar-refractivity contribution is 6.23. The molecule has 2 heterocycles. The lowest BCUT2D eigenvalue weighted by Crippen LogP contribution is -2.23. The van der Waals surface area contributed by atoms with Crippen LogP contribution < -0.4 is 15.1 Å². The Hall–Kier alpha value is -6.91. The number of para-hydroxylation sites is 7. The minimum Gasteiger partial charge on any atom is -0.359 e. The van der Waals surface area contributed by atoms with E-state index in [9.17, 15) is 0 Å². The second-order valence-corrected chi connectivity index (χ2v) is 13.2. The number of benzene rings is 8. The molecule has 9 aromatic rings. The van der Waals surface area contributed by atoms with Crippen LogP contribution in [0.25, 0.3) is 43.7 Å². The van der Waals surface area contributed by atoms with Crippen molar-refractivity contribution in [3.05, 3.63) is 200 Å². The third-order valence-corrected chi connectivity index (χ3v) is 10.2. The largest absolute Gasteiger partial charge is 0.359 e. The second-order valence-electron chi connectivity index (χ2n) is 13.2. The van der Waals surface area contributed by atoms with Crippen molar-refractivity contribution in [3.63, 3.8) is 0 Å². The molecule has 1 atom stereocenters. The van der Waals surface area contributed by atoms with Crippen LogP contribution in [-0.4, -0.2) is 4.98 Å². The van der Waals surface area contributed by atoms with E-state index in [2.05, 4.69) is 209 Å². The normalized spacial score (nSPS) is 13.7. The predicted octanol–water partition coefficient (Wildman–Crippen LogP) is 12.9. The molecule has 1 aromatic heterocycles. The number of rotatable bonds is 6. The maximum Gasteiger partial charge on any atom is 0.130 e. The van der Waals surface area contributed by atoms with Crippen LogP contribution in [0.15, 0.2) is 194 Å². The van der Waals surface area contributed by atoms with Gasteiger partial charge >= 0.3 is 0 Å². The molecule has 0 saturated heterocycles. The van der Waals surface area contributed by atoms with E-state index < -0.39 is 0 Å². The van der Waals surface area contributed by atoms with Crippen LogP contribution in [0.1, 0.15) is 11.7 Å². The van der Waals surface area contributed by atoms with Crippen LogP contribution in [0.4, 0.5) is 34.1 Å². The molecule has 0 bridgehead atoms. The Morgan fingerprint density at radius 2 is 1.15 bits per heavy atom. The maximum absolute atomic E-state index is 5.44. The summed E-state index contributed by atoms with van der Waals surface area (Å²) < 4.78 is 0. The molecule has 0 amide bonds. The molecule has 1 aliphatic rings. The van der Waals surface area contributed by atoms with Gasteiger partial charge in [-0.25, -0.2) is 4.98 Å². The van der Waals surface area contributed by atoms with Crippen molar-refractivity contribution in [1.82, 2.24) is 4.98 Å². The number of hydrogen-bond acceptors (Lipinski definition) is 4. The molecule has 0 saturated carbocycles. The van der Waals surface area contributed by atoms with Gasteiger partial charge in [0.25, 0.3) is 0 Å². The van der Waals surface area contributed by atoms with Crippen LogP contribution in [-0.2, 0) is 0 Å². The smallest absolute Gasteiger partial charge is 0.130 e. The van der Waals surface area contributed by atoms with E-state index in [1.165, 1.54) is 27.4 Å². The quantitative estimate of drug-likeness (QED) is 0.179. The first-order chi connectivity index (χ1) is 25.8. The molecule has 52 heavy (non-hydrogen) atoms. The zero-order valence-electron chi connectivity index (χ0n) is 28.4. The molecule has 246 valence electrons. The Labute approximate surface area is 302 Å². The number of anilines is 6. The first-order valence-corrected chi connectivity index (χ1v) is 17.8. The standard InChI is InChI=1S/C48H34N4/c1-4-16-35(17-5-1)51(36-18-6-2-7-19-36)44-26-14-11-23-39(44)47-40-31-30-33-28-29-34(32-41(33)46(40)38-22-10-12-24-42(38)49-47)48-50-43-25-13-15-27-45(43)52(48)37-20-8-3-9-21-37/h1-32,48,50H. The predicted molar refractivity (Wildman–Crippen MR) is 218 cm³/mol. The number of nitrogens with zero attached hydrogens (tertiary/aromatic N) is 3. The SMILES string of the molecule is c1ccc(N(c2ccccc2)c2ccccc2-c2nc3ccccc3c3c2ccc2ccc(C4Nc5ccccc5N4c4ccccc4)cc23)cc1. The van der Waals surface area contributed by atoms with Gasteiger partial charge in [0, 0.05) is 38.8 Å². The average Bonchev–Trinajstić information content (AvgIpc) is 3.61. The van der Waals surface area contributed by atoms with E-state index in [-0.39, 0.29) is 6.17 Å². The number of fused-ring (bicyclic) bond motifs is 6. The van der Waals surface area contributed by atoms with Crippen molar-refractivity contribution in [2.24, 2.45) is 0 Å².